The molecule has 13 heteroatoms. The fourth-order valence-electron chi connectivity index (χ4n) is 4.24. The molecule has 39 heavy (non-hydrogen) atoms. The summed E-state index contributed by atoms with van der Waals surface area (Å²) in [5.41, 5.74) is -7.01. The van der Waals surface area contributed by atoms with Crippen LogP contribution in [0.2, 0.25) is 0 Å². The highest BCUT2D eigenvalue weighted by atomic mass is 19.4. The van der Waals surface area contributed by atoms with Gasteiger partial charge in [0.25, 0.3) is 11.2 Å². The SMILES string of the molecule is COC(c1ccc(-n2c(Cc3ccc(C(F)(F)F)cc3)nc3ccccc3c2=O)cc1)(C(F)(F)F)C(F)(F)F. The van der Waals surface area contributed by atoms with E-state index in [0.717, 1.165) is 28.8 Å². The van der Waals surface area contributed by atoms with E-state index in [0.29, 0.717) is 17.7 Å². The number of rotatable bonds is 5. The fraction of sp³-hybridized carbons (Fsp3) is 0.231. The second kappa shape index (κ2) is 9.70. The van der Waals surface area contributed by atoms with E-state index in [1.165, 1.54) is 30.3 Å². The van der Waals surface area contributed by atoms with E-state index in [9.17, 15) is 44.3 Å². The summed E-state index contributed by atoms with van der Waals surface area (Å²) in [4.78, 5) is 17.8. The lowest BCUT2D eigenvalue weighted by Crippen LogP contribution is -2.55. The largest absolute Gasteiger partial charge is 0.430 e. The normalized spacial score (nSPS) is 13.2. The molecule has 0 amide bonds. The summed E-state index contributed by atoms with van der Waals surface area (Å²) >= 11 is 0. The van der Waals surface area contributed by atoms with Crippen LogP contribution in [0.5, 0.6) is 0 Å². The Bertz CT molecular complexity index is 1520. The average molecular weight is 560 g/mol. The van der Waals surface area contributed by atoms with Crippen molar-refractivity contribution >= 4 is 10.9 Å². The Balaban J connectivity index is 1.86. The first-order valence-electron chi connectivity index (χ1n) is 11.1. The second-order valence-corrected chi connectivity index (χ2v) is 8.48. The molecule has 4 aromatic rings. The lowest BCUT2D eigenvalue weighted by molar-refractivity contribution is -0.383. The summed E-state index contributed by atoms with van der Waals surface area (Å²) in [5.74, 6) is -0.00384. The molecule has 0 aliphatic heterocycles. The minimum atomic E-state index is -5.86. The van der Waals surface area contributed by atoms with E-state index in [-0.39, 0.29) is 35.9 Å². The van der Waals surface area contributed by atoms with Gasteiger partial charge in [-0.25, -0.2) is 4.98 Å². The number of halogens is 9. The third-order valence-electron chi connectivity index (χ3n) is 6.13. The second-order valence-electron chi connectivity index (χ2n) is 8.48. The van der Waals surface area contributed by atoms with E-state index < -0.39 is 40.8 Å². The average Bonchev–Trinajstić information content (AvgIpc) is 2.84. The predicted octanol–water partition coefficient (Wildman–Crippen LogP) is 6.96. The quantitative estimate of drug-likeness (QED) is 0.248. The Labute approximate surface area is 214 Å². The molecule has 0 bridgehead atoms. The molecule has 0 unspecified atom stereocenters. The maximum absolute atomic E-state index is 13.6. The molecule has 0 aliphatic rings. The summed E-state index contributed by atoms with van der Waals surface area (Å²) in [6, 6.07) is 13.0. The number of methoxy groups -OCH3 is 1. The molecule has 0 saturated carbocycles. The first-order chi connectivity index (χ1) is 18.1. The minimum Gasteiger partial charge on any atom is -0.357 e. The van der Waals surface area contributed by atoms with Gasteiger partial charge in [-0.2, -0.15) is 39.5 Å². The van der Waals surface area contributed by atoms with Crippen molar-refractivity contribution in [3.63, 3.8) is 0 Å². The summed E-state index contributed by atoms with van der Waals surface area (Å²) in [5, 5.41) is 0.106. The van der Waals surface area contributed by atoms with E-state index in [1.807, 2.05) is 0 Å². The van der Waals surface area contributed by atoms with Crippen molar-refractivity contribution in [2.24, 2.45) is 0 Å². The van der Waals surface area contributed by atoms with Gasteiger partial charge in [0.05, 0.1) is 22.2 Å². The standard InChI is InChI=1S/C26H17F9N2O2/c1-39-23(25(30,31)32,26(33,34)35)16-10-12-18(13-11-16)37-21(36-20-5-3-2-4-19(20)22(37)38)14-15-6-8-17(9-7-15)24(27,28)29/h2-13H,14H2,1H3. The molecule has 1 heterocycles. The van der Waals surface area contributed by atoms with Crippen LogP contribution >= 0.6 is 0 Å². The van der Waals surface area contributed by atoms with Crippen molar-refractivity contribution in [3.05, 3.63) is 106 Å². The number of aromatic nitrogens is 2. The molecule has 0 spiro atoms. The number of fused-ring (bicyclic) bond motifs is 1. The maximum atomic E-state index is 13.6. The zero-order valence-corrected chi connectivity index (χ0v) is 19.7. The molecule has 0 radical (unpaired) electrons. The van der Waals surface area contributed by atoms with Crippen LogP contribution < -0.4 is 5.56 Å². The Hall–Kier alpha value is -3.87. The molecule has 3 aromatic carbocycles. The van der Waals surface area contributed by atoms with Crippen LogP contribution in [0.3, 0.4) is 0 Å². The van der Waals surface area contributed by atoms with Crippen LogP contribution in [-0.4, -0.2) is 29.0 Å². The van der Waals surface area contributed by atoms with Crippen molar-refractivity contribution in [1.82, 2.24) is 9.55 Å². The van der Waals surface area contributed by atoms with Gasteiger partial charge in [0.1, 0.15) is 5.82 Å². The fourth-order valence-corrected chi connectivity index (χ4v) is 4.24. The summed E-state index contributed by atoms with van der Waals surface area (Å²) in [6.45, 7) is 0. The number of ether oxygens (including phenoxy) is 1. The number of alkyl halides is 9. The lowest BCUT2D eigenvalue weighted by atomic mass is 9.91. The predicted molar refractivity (Wildman–Crippen MR) is 122 cm³/mol. The van der Waals surface area contributed by atoms with Crippen molar-refractivity contribution in [1.29, 1.82) is 0 Å². The van der Waals surface area contributed by atoms with Crippen LogP contribution in [0.25, 0.3) is 16.6 Å². The molecule has 4 rings (SSSR count). The molecule has 206 valence electrons. The lowest BCUT2D eigenvalue weighted by Gasteiger charge is -2.36. The van der Waals surface area contributed by atoms with Gasteiger partial charge >= 0.3 is 18.5 Å². The van der Waals surface area contributed by atoms with Crippen molar-refractivity contribution in [3.8, 4) is 5.69 Å². The number of hydrogen-bond acceptors (Lipinski definition) is 3. The summed E-state index contributed by atoms with van der Waals surface area (Å²) in [6.07, 6.45) is -16.5. The van der Waals surface area contributed by atoms with Crippen LogP contribution in [0, 0.1) is 0 Å². The van der Waals surface area contributed by atoms with E-state index in [1.54, 1.807) is 6.07 Å². The van der Waals surface area contributed by atoms with E-state index in [4.69, 9.17) is 0 Å². The molecule has 0 N–H and O–H groups in total. The highest BCUT2D eigenvalue weighted by Crippen LogP contribution is 2.52. The third kappa shape index (κ3) is 4.98. The Kier molecular flexibility index (Phi) is 7.00. The molecule has 0 fully saturated rings. The topological polar surface area (TPSA) is 44.1 Å². The molecule has 0 atom stereocenters. The highest BCUT2D eigenvalue weighted by molar-refractivity contribution is 5.77. The molecule has 0 saturated heterocycles. The molecule has 4 nitrogen and oxygen atoms in total. The summed E-state index contributed by atoms with van der Waals surface area (Å²) < 4.78 is 126. The third-order valence-corrected chi connectivity index (χ3v) is 6.13. The van der Waals surface area contributed by atoms with Gasteiger partial charge in [-0.15, -0.1) is 0 Å². The van der Waals surface area contributed by atoms with Crippen molar-refractivity contribution in [2.75, 3.05) is 7.11 Å². The first-order valence-corrected chi connectivity index (χ1v) is 11.1. The first kappa shape index (κ1) is 28.1. The Morgan fingerprint density at radius 1 is 0.744 bits per heavy atom. The van der Waals surface area contributed by atoms with Crippen LogP contribution in [0.4, 0.5) is 39.5 Å². The summed E-state index contributed by atoms with van der Waals surface area (Å²) in [7, 11) is 0.287. The van der Waals surface area contributed by atoms with Gasteiger partial charge in [-0.05, 0) is 42.0 Å². The number of hydrogen-bond donors (Lipinski definition) is 0. The zero-order chi connectivity index (χ0) is 28.8. The van der Waals surface area contributed by atoms with E-state index in [2.05, 4.69) is 9.72 Å². The van der Waals surface area contributed by atoms with Gasteiger partial charge in [0, 0.05) is 19.1 Å². The van der Waals surface area contributed by atoms with Gasteiger partial charge in [-0.1, -0.05) is 36.4 Å². The molecular weight excluding hydrogens is 543 g/mol. The van der Waals surface area contributed by atoms with Crippen LogP contribution in [0.1, 0.15) is 22.5 Å². The molecule has 0 aliphatic carbocycles. The molecule has 1 aromatic heterocycles. The smallest absolute Gasteiger partial charge is 0.357 e. The van der Waals surface area contributed by atoms with Crippen molar-refractivity contribution in [2.45, 2.75) is 30.6 Å². The minimum absolute atomic E-state index is 0.00384. The number of nitrogens with zero attached hydrogens (tertiary/aromatic N) is 2. The number of para-hydroxylation sites is 1. The van der Waals surface area contributed by atoms with Crippen LogP contribution in [0.15, 0.2) is 77.6 Å². The maximum Gasteiger partial charge on any atom is 0.430 e. The Morgan fingerprint density at radius 3 is 1.79 bits per heavy atom. The molecular formula is C26H17F9N2O2. The van der Waals surface area contributed by atoms with Crippen molar-refractivity contribution < 1.29 is 44.3 Å². The van der Waals surface area contributed by atoms with Gasteiger partial charge in [-0.3, -0.25) is 9.36 Å². The van der Waals surface area contributed by atoms with Gasteiger partial charge in [0.2, 0.25) is 0 Å². The van der Waals surface area contributed by atoms with E-state index >= 15 is 0 Å². The zero-order valence-electron chi connectivity index (χ0n) is 19.7. The van der Waals surface area contributed by atoms with Crippen LogP contribution in [-0.2, 0) is 22.9 Å². The Morgan fingerprint density at radius 2 is 1.28 bits per heavy atom. The van der Waals surface area contributed by atoms with Gasteiger partial charge in [0.15, 0.2) is 0 Å². The monoisotopic (exact) mass is 560 g/mol. The van der Waals surface area contributed by atoms with Gasteiger partial charge < -0.3 is 4.74 Å². The number of benzene rings is 3. The highest BCUT2D eigenvalue weighted by Gasteiger charge is 2.73.